The number of ether oxygens (including phenoxy) is 2. The number of fused-ring (bicyclic) bond motifs is 1. The largest absolute Gasteiger partial charge is 0.495 e. The van der Waals surface area contributed by atoms with E-state index in [0.717, 1.165) is 41.8 Å². The lowest BCUT2D eigenvalue weighted by Crippen LogP contribution is -2.32. The molecular weight excluding hydrogens is 414 g/mol. The molecule has 5 rings (SSSR count). The zero-order valence-electron chi connectivity index (χ0n) is 17.4. The van der Waals surface area contributed by atoms with Crippen LogP contribution in [0.4, 0.5) is 0 Å². The van der Waals surface area contributed by atoms with E-state index in [1.54, 1.807) is 13.3 Å². The number of halogens is 1. The van der Waals surface area contributed by atoms with Gasteiger partial charge >= 0.3 is 0 Å². The average Bonchev–Trinajstić information content (AvgIpc) is 3.54. The minimum absolute atomic E-state index is 0.0188. The first-order chi connectivity index (χ1) is 15.1. The van der Waals surface area contributed by atoms with Gasteiger partial charge in [-0.25, -0.2) is 4.68 Å². The van der Waals surface area contributed by atoms with Crippen LogP contribution in [0.1, 0.15) is 39.9 Å². The summed E-state index contributed by atoms with van der Waals surface area (Å²) in [5.41, 5.74) is 4.52. The molecule has 0 radical (unpaired) electrons. The van der Waals surface area contributed by atoms with Gasteiger partial charge in [0.2, 0.25) is 0 Å². The number of carbonyl (C=O) groups excluding carboxylic acids is 1. The highest BCUT2D eigenvalue weighted by Crippen LogP contribution is 2.40. The number of nitrogens with zero attached hydrogens (tertiary/aromatic N) is 3. The summed E-state index contributed by atoms with van der Waals surface area (Å²) in [6, 6.07) is 12.0. The van der Waals surface area contributed by atoms with Gasteiger partial charge in [-0.15, -0.1) is 0 Å². The lowest BCUT2D eigenvalue weighted by Gasteiger charge is -2.19. The van der Waals surface area contributed by atoms with Crippen molar-refractivity contribution in [2.24, 2.45) is 0 Å². The summed E-state index contributed by atoms with van der Waals surface area (Å²) in [4.78, 5) is 14.9. The molecule has 7 heteroatoms. The van der Waals surface area contributed by atoms with Gasteiger partial charge in [-0.2, -0.15) is 5.10 Å². The van der Waals surface area contributed by atoms with Gasteiger partial charge in [0.15, 0.2) is 0 Å². The Morgan fingerprint density at radius 2 is 2.13 bits per heavy atom. The molecule has 1 aromatic heterocycles. The lowest BCUT2D eigenvalue weighted by molar-refractivity contribution is 0.0545. The first-order valence-corrected chi connectivity index (χ1v) is 10.9. The molecule has 2 aromatic carbocycles. The maximum absolute atomic E-state index is 13.1. The third-order valence-electron chi connectivity index (χ3n) is 6.02. The second-order valence-corrected chi connectivity index (χ2v) is 8.40. The normalized spacial score (nSPS) is 17.9. The van der Waals surface area contributed by atoms with Gasteiger partial charge in [-0.1, -0.05) is 23.7 Å². The number of methoxy groups -OCH3 is 1. The summed E-state index contributed by atoms with van der Waals surface area (Å²) in [7, 11) is 1.62. The highest BCUT2D eigenvalue weighted by atomic mass is 35.5. The highest BCUT2D eigenvalue weighted by molar-refractivity contribution is 6.33. The molecule has 0 bridgehead atoms. The number of hydrogen-bond acceptors (Lipinski definition) is 4. The number of amides is 1. The van der Waals surface area contributed by atoms with Crippen LogP contribution in [0, 0.1) is 0 Å². The second kappa shape index (κ2) is 8.36. The summed E-state index contributed by atoms with van der Waals surface area (Å²) in [6.45, 7) is 1.88. The molecule has 1 amide bonds. The Morgan fingerprint density at radius 3 is 2.81 bits per heavy atom. The maximum atomic E-state index is 13.1. The summed E-state index contributed by atoms with van der Waals surface area (Å²) >= 11 is 6.72. The van der Waals surface area contributed by atoms with Crippen LogP contribution in [0.5, 0.6) is 5.75 Å². The maximum Gasteiger partial charge on any atom is 0.254 e. The molecule has 3 heterocycles. The minimum atomic E-state index is 0.0188. The molecule has 31 heavy (non-hydrogen) atoms. The van der Waals surface area contributed by atoms with E-state index >= 15 is 0 Å². The Labute approximate surface area is 186 Å². The molecular formula is C24H24ClN3O3. The van der Waals surface area contributed by atoms with Crippen LogP contribution in [0.25, 0.3) is 5.69 Å². The fourth-order valence-electron chi connectivity index (χ4n) is 4.44. The SMILES string of the molecule is COc1c(Cc2ccc(-n3cccn3)cc2)cc2c(c1Cl)CN(CC1CCCO1)C2=O. The smallest absolute Gasteiger partial charge is 0.254 e. The molecule has 0 saturated carbocycles. The molecule has 160 valence electrons. The quantitative estimate of drug-likeness (QED) is 0.578. The third-order valence-corrected chi connectivity index (χ3v) is 6.42. The van der Waals surface area contributed by atoms with Crippen molar-refractivity contribution in [2.75, 3.05) is 20.3 Å². The minimum Gasteiger partial charge on any atom is -0.495 e. The van der Waals surface area contributed by atoms with Gasteiger partial charge in [0.05, 0.1) is 23.9 Å². The van der Waals surface area contributed by atoms with E-state index in [1.807, 2.05) is 40.0 Å². The van der Waals surface area contributed by atoms with E-state index in [-0.39, 0.29) is 12.0 Å². The molecule has 0 N–H and O–H groups in total. The molecule has 6 nitrogen and oxygen atoms in total. The molecule has 0 spiro atoms. The van der Waals surface area contributed by atoms with Gasteiger partial charge < -0.3 is 14.4 Å². The van der Waals surface area contributed by atoms with Gasteiger partial charge in [0, 0.05) is 55.2 Å². The van der Waals surface area contributed by atoms with Crippen molar-refractivity contribution < 1.29 is 14.3 Å². The van der Waals surface area contributed by atoms with Crippen molar-refractivity contribution in [3.05, 3.63) is 76.1 Å². The summed E-state index contributed by atoms with van der Waals surface area (Å²) in [5.74, 6) is 0.661. The number of carbonyl (C=O) groups is 1. The van der Waals surface area contributed by atoms with Crippen LogP contribution in [-0.2, 0) is 17.7 Å². The fraction of sp³-hybridized carbons (Fsp3) is 0.333. The fourth-order valence-corrected chi connectivity index (χ4v) is 4.80. The van der Waals surface area contributed by atoms with Crippen LogP contribution in [0.3, 0.4) is 0 Å². The Kier molecular flexibility index (Phi) is 5.42. The summed E-state index contributed by atoms with van der Waals surface area (Å²) in [6.07, 6.45) is 6.45. The summed E-state index contributed by atoms with van der Waals surface area (Å²) in [5, 5.41) is 4.79. The molecule has 2 aliphatic rings. The molecule has 2 aliphatic heterocycles. The highest BCUT2D eigenvalue weighted by Gasteiger charge is 2.34. The Hall–Kier alpha value is -2.83. The predicted molar refractivity (Wildman–Crippen MR) is 118 cm³/mol. The van der Waals surface area contributed by atoms with E-state index in [2.05, 4.69) is 17.2 Å². The lowest BCUT2D eigenvalue weighted by atomic mass is 9.98. The van der Waals surface area contributed by atoms with Gasteiger partial charge in [-0.05, 0) is 42.7 Å². The zero-order chi connectivity index (χ0) is 21.4. The van der Waals surface area contributed by atoms with Crippen molar-refractivity contribution in [3.63, 3.8) is 0 Å². The third kappa shape index (κ3) is 3.82. The van der Waals surface area contributed by atoms with Crippen molar-refractivity contribution in [3.8, 4) is 11.4 Å². The first kappa shape index (κ1) is 20.1. The van der Waals surface area contributed by atoms with E-state index in [4.69, 9.17) is 21.1 Å². The molecule has 1 atom stereocenters. The molecule has 1 fully saturated rings. The molecule has 1 unspecified atom stereocenters. The van der Waals surface area contributed by atoms with Crippen molar-refractivity contribution >= 4 is 17.5 Å². The number of benzene rings is 2. The Bertz CT molecular complexity index is 1090. The molecule has 3 aromatic rings. The van der Waals surface area contributed by atoms with Crippen LogP contribution in [0.15, 0.2) is 48.8 Å². The van der Waals surface area contributed by atoms with Crippen molar-refractivity contribution in [2.45, 2.75) is 31.9 Å². The van der Waals surface area contributed by atoms with Crippen LogP contribution in [0.2, 0.25) is 5.02 Å². The second-order valence-electron chi connectivity index (χ2n) is 8.02. The predicted octanol–water partition coefficient (Wildman–Crippen LogP) is 4.26. The van der Waals surface area contributed by atoms with Gasteiger partial charge in [0.25, 0.3) is 5.91 Å². The zero-order valence-corrected chi connectivity index (χ0v) is 18.1. The van der Waals surface area contributed by atoms with Gasteiger partial charge in [-0.3, -0.25) is 4.79 Å². The topological polar surface area (TPSA) is 56.6 Å². The molecule has 0 aliphatic carbocycles. The standard InChI is InChI=1S/C24H24ClN3O3/c1-30-23-17(12-16-5-7-18(8-6-16)28-10-3-9-26-28)13-20-21(22(23)25)15-27(24(20)29)14-19-4-2-11-31-19/h3,5-10,13,19H,2,4,11-12,14-15H2,1H3. The molecule has 1 saturated heterocycles. The Balaban J connectivity index is 1.41. The van der Waals surface area contributed by atoms with Crippen LogP contribution >= 0.6 is 11.6 Å². The van der Waals surface area contributed by atoms with Crippen molar-refractivity contribution in [1.29, 1.82) is 0 Å². The van der Waals surface area contributed by atoms with Crippen LogP contribution < -0.4 is 4.74 Å². The van der Waals surface area contributed by atoms with E-state index in [9.17, 15) is 4.79 Å². The van der Waals surface area contributed by atoms with E-state index in [0.29, 0.717) is 35.8 Å². The summed E-state index contributed by atoms with van der Waals surface area (Å²) < 4.78 is 13.2. The first-order valence-electron chi connectivity index (χ1n) is 10.5. The van der Waals surface area contributed by atoms with E-state index < -0.39 is 0 Å². The van der Waals surface area contributed by atoms with Crippen LogP contribution in [-0.4, -0.2) is 47.0 Å². The average molecular weight is 438 g/mol. The number of rotatable bonds is 6. The van der Waals surface area contributed by atoms with Crippen molar-refractivity contribution in [1.82, 2.24) is 14.7 Å². The number of hydrogen-bond donors (Lipinski definition) is 0. The van der Waals surface area contributed by atoms with Gasteiger partial charge in [0.1, 0.15) is 5.75 Å². The number of aromatic nitrogens is 2. The van der Waals surface area contributed by atoms with E-state index in [1.165, 1.54) is 0 Å². The monoisotopic (exact) mass is 437 g/mol. The Morgan fingerprint density at radius 1 is 1.29 bits per heavy atom.